The summed E-state index contributed by atoms with van der Waals surface area (Å²) in [6, 6.07) is 13.3. The highest BCUT2D eigenvalue weighted by Crippen LogP contribution is 2.22. The number of benzene rings is 1. The zero-order valence-corrected chi connectivity index (χ0v) is 12.2. The van der Waals surface area contributed by atoms with Gasteiger partial charge in [-0.1, -0.05) is 36.4 Å². The third kappa shape index (κ3) is 2.91. The molecule has 0 aliphatic heterocycles. The summed E-state index contributed by atoms with van der Waals surface area (Å²) < 4.78 is 10.4. The Morgan fingerprint density at radius 1 is 1.23 bits per heavy atom. The van der Waals surface area contributed by atoms with E-state index in [9.17, 15) is 4.79 Å². The molecule has 0 aliphatic rings. The molecule has 0 saturated heterocycles. The number of carbonyl (C=O) groups is 1. The number of hydrogen-bond acceptors (Lipinski definition) is 4. The van der Waals surface area contributed by atoms with Gasteiger partial charge in [-0.25, -0.2) is 9.78 Å². The lowest BCUT2D eigenvalue weighted by atomic mass is 10.1. The topological polar surface area (TPSA) is 52.3 Å². The summed E-state index contributed by atoms with van der Waals surface area (Å²) in [5.74, 6) is -0.449. The number of furan rings is 1. The highest BCUT2D eigenvalue weighted by atomic mass is 16.5. The quantitative estimate of drug-likeness (QED) is 0.677. The van der Waals surface area contributed by atoms with E-state index in [2.05, 4.69) is 4.98 Å². The molecule has 2 aromatic heterocycles. The molecule has 0 atom stereocenters. The SMILES string of the molecule is CCOC(=O)c1cc2occc2c(/C=C/c2ccccc2)n1. The molecule has 0 aliphatic carbocycles. The summed E-state index contributed by atoms with van der Waals surface area (Å²) in [7, 11) is 0. The van der Waals surface area contributed by atoms with E-state index in [1.165, 1.54) is 0 Å². The molecular formula is C18H15NO3. The Hall–Kier alpha value is -2.88. The van der Waals surface area contributed by atoms with Crippen LogP contribution in [0.2, 0.25) is 0 Å². The van der Waals surface area contributed by atoms with Gasteiger partial charge in [0.2, 0.25) is 0 Å². The van der Waals surface area contributed by atoms with Crippen molar-refractivity contribution in [2.45, 2.75) is 6.92 Å². The number of pyridine rings is 1. The van der Waals surface area contributed by atoms with E-state index in [4.69, 9.17) is 9.15 Å². The van der Waals surface area contributed by atoms with Crippen LogP contribution in [0.1, 0.15) is 28.7 Å². The second-order valence-corrected chi connectivity index (χ2v) is 4.69. The van der Waals surface area contributed by atoms with Gasteiger partial charge in [0, 0.05) is 11.5 Å². The highest BCUT2D eigenvalue weighted by molar-refractivity contribution is 5.95. The number of fused-ring (bicyclic) bond motifs is 1. The molecule has 0 bridgehead atoms. The molecule has 3 aromatic rings. The maximum Gasteiger partial charge on any atom is 0.357 e. The molecule has 0 radical (unpaired) electrons. The van der Waals surface area contributed by atoms with E-state index < -0.39 is 5.97 Å². The molecule has 0 spiro atoms. The number of hydrogen-bond donors (Lipinski definition) is 0. The van der Waals surface area contributed by atoms with E-state index in [0.29, 0.717) is 17.9 Å². The first-order chi connectivity index (χ1) is 10.8. The van der Waals surface area contributed by atoms with Gasteiger partial charge >= 0.3 is 5.97 Å². The van der Waals surface area contributed by atoms with Gasteiger partial charge in [0.25, 0.3) is 0 Å². The predicted octanol–water partition coefficient (Wildman–Crippen LogP) is 4.17. The van der Waals surface area contributed by atoms with Crippen LogP contribution < -0.4 is 0 Å². The second-order valence-electron chi connectivity index (χ2n) is 4.69. The van der Waals surface area contributed by atoms with Crippen molar-refractivity contribution in [1.82, 2.24) is 4.98 Å². The number of esters is 1. The Labute approximate surface area is 128 Å². The monoisotopic (exact) mass is 293 g/mol. The lowest BCUT2D eigenvalue weighted by Crippen LogP contribution is -2.07. The molecule has 0 saturated carbocycles. The number of ether oxygens (including phenoxy) is 1. The van der Waals surface area contributed by atoms with Gasteiger partial charge in [0.05, 0.1) is 18.6 Å². The third-order valence-electron chi connectivity index (χ3n) is 3.20. The van der Waals surface area contributed by atoms with Crippen LogP contribution in [0.25, 0.3) is 23.1 Å². The van der Waals surface area contributed by atoms with Crippen molar-refractivity contribution in [3.63, 3.8) is 0 Å². The van der Waals surface area contributed by atoms with Crippen LogP contribution in [0, 0.1) is 0 Å². The normalized spacial score (nSPS) is 11.1. The van der Waals surface area contributed by atoms with Crippen molar-refractivity contribution in [2.24, 2.45) is 0 Å². The molecule has 4 nitrogen and oxygen atoms in total. The zero-order valence-electron chi connectivity index (χ0n) is 12.2. The fraction of sp³-hybridized carbons (Fsp3) is 0.111. The molecule has 22 heavy (non-hydrogen) atoms. The van der Waals surface area contributed by atoms with Crippen LogP contribution in [0.15, 0.2) is 53.1 Å². The Morgan fingerprint density at radius 2 is 2.05 bits per heavy atom. The van der Waals surface area contributed by atoms with E-state index in [0.717, 1.165) is 10.9 Å². The minimum atomic E-state index is -0.449. The van der Waals surface area contributed by atoms with Gasteiger partial charge in [-0.3, -0.25) is 0 Å². The smallest absolute Gasteiger partial charge is 0.357 e. The van der Waals surface area contributed by atoms with Gasteiger partial charge < -0.3 is 9.15 Å². The first kappa shape index (κ1) is 14.1. The molecule has 0 fully saturated rings. The van der Waals surface area contributed by atoms with E-state index in [1.807, 2.05) is 48.6 Å². The number of nitrogens with zero attached hydrogens (tertiary/aromatic N) is 1. The molecule has 1 aromatic carbocycles. The summed E-state index contributed by atoms with van der Waals surface area (Å²) in [4.78, 5) is 16.3. The van der Waals surface area contributed by atoms with Gasteiger partial charge in [0.1, 0.15) is 5.58 Å². The Kier molecular flexibility index (Phi) is 4.01. The Bertz CT molecular complexity index is 819. The lowest BCUT2D eigenvalue weighted by molar-refractivity contribution is 0.0519. The summed E-state index contributed by atoms with van der Waals surface area (Å²) in [6.45, 7) is 2.07. The summed E-state index contributed by atoms with van der Waals surface area (Å²) in [6.07, 6.45) is 5.40. The summed E-state index contributed by atoms with van der Waals surface area (Å²) in [5, 5.41) is 0.861. The molecule has 3 rings (SSSR count). The molecule has 0 amide bonds. The zero-order chi connectivity index (χ0) is 15.4. The molecule has 0 unspecified atom stereocenters. The van der Waals surface area contributed by atoms with Crippen LogP contribution in [-0.2, 0) is 4.74 Å². The van der Waals surface area contributed by atoms with Crippen LogP contribution in [0.4, 0.5) is 0 Å². The van der Waals surface area contributed by atoms with Crippen LogP contribution in [0.3, 0.4) is 0 Å². The molecule has 0 N–H and O–H groups in total. The van der Waals surface area contributed by atoms with Crippen molar-refractivity contribution in [2.75, 3.05) is 6.61 Å². The third-order valence-corrected chi connectivity index (χ3v) is 3.20. The minimum Gasteiger partial charge on any atom is -0.464 e. The van der Waals surface area contributed by atoms with E-state index in [1.54, 1.807) is 19.3 Å². The van der Waals surface area contributed by atoms with Crippen molar-refractivity contribution < 1.29 is 13.9 Å². The summed E-state index contributed by atoms with van der Waals surface area (Å²) in [5.41, 5.74) is 2.60. The van der Waals surface area contributed by atoms with Crippen molar-refractivity contribution >= 4 is 29.1 Å². The summed E-state index contributed by atoms with van der Waals surface area (Å²) >= 11 is 0. The van der Waals surface area contributed by atoms with Gasteiger partial charge in [-0.2, -0.15) is 0 Å². The lowest BCUT2D eigenvalue weighted by Gasteiger charge is -2.03. The number of rotatable bonds is 4. The van der Waals surface area contributed by atoms with E-state index in [-0.39, 0.29) is 5.69 Å². The standard InChI is InChI=1S/C18H15NO3/c1-2-21-18(20)16-12-17-14(10-11-22-17)15(19-16)9-8-13-6-4-3-5-7-13/h3-12H,2H2,1H3/b9-8+. The average molecular weight is 293 g/mol. The van der Waals surface area contributed by atoms with Gasteiger partial charge in [-0.05, 0) is 24.6 Å². The van der Waals surface area contributed by atoms with Crippen molar-refractivity contribution in [3.8, 4) is 0 Å². The van der Waals surface area contributed by atoms with Gasteiger partial charge in [0.15, 0.2) is 5.69 Å². The largest absolute Gasteiger partial charge is 0.464 e. The minimum absolute atomic E-state index is 0.247. The second kappa shape index (κ2) is 6.26. The molecular weight excluding hydrogens is 278 g/mol. The molecule has 2 heterocycles. The van der Waals surface area contributed by atoms with Crippen molar-refractivity contribution in [3.05, 3.63) is 65.7 Å². The van der Waals surface area contributed by atoms with Gasteiger partial charge in [-0.15, -0.1) is 0 Å². The highest BCUT2D eigenvalue weighted by Gasteiger charge is 2.13. The molecule has 110 valence electrons. The average Bonchev–Trinajstić information content (AvgIpc) is 3.02. The van der Waals surface area contributed by atoms with Crippen LogP contribution in [0.5, 0.6) is 0 Å². The van der Waals surface area contributed by atoms with Crippen molar-refractivity contribution in [1.29, 1.82) is 0 Å². The Balaban J connectivity index is 2.02. The fourth-order valence-corrected chi connectivity index (χ4v) is 2.17. The maximum atomic E-state index is 11.9. The maximum absolute atomic E-state index is 11.9. The number of aromatic nitrogens is 1. The Morgan fingerprint density at radius 3 is 2.82 bits per heavy atom. The first-order valence-electron chi connectivity index (χ1n) is 7.06. The number of carbonyl (C=O) groups excluding carboxylic acids is 1. The fourth-order valence-electron chi connectivity index (χ4n) is 2.17. The molecule has 4 heteroatoms. The predicted molar refractivity (Wildman–Crippen MR) is 85.3 cm³/mol. The van der Waals surface area contributed by atoms with E-state index >= 15 is 0 Å². The first-order valence-corrected chi connectivity index (χ1v) is 7.06. The van der Waals surface area contributed by atoms with Crippen LogP contribution >= 0.6 is 0 Å². The van der Waals surface area contributed by atoms with Crippen LogP contribution in [-0.4, -0.2) is 17.6 Å².